The van der Waals surface area contributed by atoms with Crippen molar-refractivity contribution in [3.63, 3.8) is 0 Å². The van der Waals surface area contributed by atoms with Crippen LogP contribution in [0.5, 0.6) is 0 Å². The van der Waals surface area contributed by atoms with Gasteiger partial charge in [0.15, 0.2) is 6.29 Å². The molecule has 3 aromatic rings. The summed E-state index contributed by atoms with van der Waals surface area (Å²) < 4.78 is 13.4. The number of hydrogen-bond donors (Lipinski definition) is 3. The van der Waals surface area contributed by atoms with E-state index in [1.54, 1.807) is 12.1 Å². The predicted octanol–water partition coefficient (Wildman–Crippen LogP) is 6.59. The van der Waals surface area contributed by atoms with Gasteiger partial charge in [0.25, 0.3) is 5.91 Å². The zero-order valence-corrected chi connectivity index (χ0v) is 28.6. The van der Waals surface area contributed by atoms with E-state index < -0.39 is 6.29 Å². The van der Waals surface area contributed by atoms with Crippen molar-refractivity contribution in [2.24, 2.45) is 5.92 Å². The monoisotopic (exact) mass is 653 g/mol. The van der Waals surface area contributed by atoms with Crippen LogP contribution in [0.4, 0.5) is 0 Å². The third-order valence-corrected chi connectivity index (χ3v) is 10.1. The number of ether oxygens (including phenoxy) is 2. The Morgan fingerprint density at radius 3 is 2.23 bits per heavy atom. The van der Waals surface area contributed by atoms with Gasteiger partial charge in [0.05, 0.1) is 24.9 Å². The molecule has 6 rings (SSSR count). The summed E-state index contributed by atoms with van der Waals surface area (Å²) in [4.78, 5) is 28.8. The predicted molar refractivity (Wildman–Crippen MR) is 186 cm³/mol. The lowest BCUT2D eigenvalue weighted by Crippen LogP contribution is -2.61. The number of benzene rings is 3. The normalized spacial score (nSPS) is 26.3. The molecule has 48 heavy (non-hydrogen) atoms. The van der Waals surface area contributed by atoms with Gasteiger partial charge in [0.2, 0.25) is 5.91 Å². The number of rotatable bonds is 9. The summed E-state index contributed by atoms with van der Waals surface area (Å²) in [5.41, 5.74) is 4.13. The molecule has 3 aliphatic rings. The molecular weight excluding hydrogens is 602 g/mol. The molecule has 8 heteroatoms. The molecule has 6 atom stereocenters. The van der Waals surface area contributed by atoms with Gasteiger partial charge in [0.1, 0.15) is 0 Å². The minimum Gasteiger partial charge on any atom is -0.392 e. The van der Waals surface area contributed by atoms with Crippen molar-refractivity contribution in [2.45, 2.75) is 115 Å². The van der Waals surface area contributed by atoms with Crippen LogP contribution in [-0.2, 0) is 27.4 Å². The van der Waals surface area contributed by atoms with Gasteiger partial charge < -0.3 is 25.2 Å². The summed E-state index contributed by atoms with van der Waals surface area (Å²) in [6, 6.07) is 25.4. The van der Waals surface area contributed by atoms with Crippen molar-refractivity contribution >= 4 is 11.8 Å². The zero-order chi connectivity index (χ0) is 33.7. The van der Waals surface area contributed by atoms with Crippen molar-refractivity contribution in [2.75, 3.05) is 6.54 Å². The van der Waals surface area contributed by atoms with Crippen LogP contribution in [0.2, 0.25) is 0 Å². The van der Waals surface area contributed by atoms with Gasteiger partial charge in [-0.05, 0) is 81.2 Å². The van der Waals surface area contributed by atoms with Crippen LogP contribution < -0.4 is 10.6 Å². The van der Waals surface area contributed by atoms with E-state index >= 15 is 0 Å². The van der Waals surface area contributed by atoms with E-state index in [9.17, 15) is 14.7 Å². The van der Waals surface area contributed by atoms with Crippen molar-refractivity contribution in [3.8, 4) is 0 Å². The fourth-order valence-electron chi connectivity index (χ4n) is 7.66. The number of nitrogens with one attached hydrogen (secondary N) is 2. The number of amides is 2. The molecule has 3 aromatic carbocycles. The Labute approximate surface area is 285 Å². The second-order valence-corrected chi connectivity index (χ2v) is 14.8. The minimum absolute atomic E-state index is 0.00610. The first kappa shape index (κ1) is 34.3. The van der Waals surface area contributed by atoms with E-state index in [2.05, 4.69) is 15.5 Å². The van der Waals surface area contributed by atoms with Crippen molar-refractivity contribution in [3.05, 3.63) is 107 Å². The number of fused-ring (bicyclic) bond motifs is 1. The molecule has 2 aliphatic heterocycles. The molecular formula is C40H51N3O5. The smallest absolute Gasteiger partial charge is 0.251 e. The topological polar surface area (TPSA) is 100 Å². The number of carbonyl (C=O) groups excluding carboxylic acids is 2. The van der Waals surface area contributed by atoms with Gasteiger partial charge in [-0.25, -0.2) is 0 Å². The summed E-state index contributed by atoms with van der Waals surface area (Å²) >= 11 is 0. The number of piperidine rings is 1. The summed E-state index contributed by atoms with van der Waals surface area (Å²) in [6.45, 7) is 7.21. The fourth-order valence-corrected chi connectivity index (χ4v) is 7.66. The standard InChI is InChI=1S/C40H51N3O5/c1-40(2,3)42-38(46)35-22-21-29-9-7-8-12-34(29)43(35)25-33-23-36(30-17-15-28(26-44)16-18-30)48-39(47-33)32-19-13-27(14-20-32)24-41-37(45)31-10-5-4-6-11-31/h4-6,10-11,13-20,29,33-36,39,44H,7-9,12,21-26H2,1-3H3,(H,41,45)(H,42,46)/t29-,33+,34-,35-,36-,39-/m1/s1. The molecule has 3 fully saturated rings. The Balaban J connectivity index is 1.21. The molecule has 0 radical (unpaired) electrons. The summed E-state index contributed by atoms with van der Waals surface area (Å²) in [5, 5.41) is 15.9. The van der Waals surface area contributed by atoms with Gasteiger partial charge in [-0.3, -0.25) is 14.5 Å². The average Bonchev–Trinajstić information content (AvgIpc) is 3.10. The van der Waals surface area contributed by atoms with Crippen LogP contribution >= 0.6 is 0 Å². The maximum absolute atomic E-state index is 13.7. The number of hydrogen-bond acceptors (Lipinski definition) is 6. The van der Waals surface area contributed by atoms with Gasteiger partial charge in [-0.2, -0.15) is 0 Å². The average molecular weight is 654 g/mol. The zero-order valence-electron chi connectivity index (χ0n) is 28.6. The third-order valence-electron chi connectivity index (χ3n) is 10.1. The molecule has 0 unspecified atom stereocenters. The first-order chi connectivity index (χ1) is 23.2. The third kappa shape index (κ3) is 8.53. The first-order valence-corrected chi connectivity index (χ1v) is 17.7. The molecule has 1 aliphatic carbocycles. The highest BCUT2D eigenvalue weighted by Gasteiger charge is 2.44. The Bertz CT molecular complexity index is 1500. The largest absolute Gasteiger partial charge is 0.392 e. The van der Waals surface area contributed by atoms with E-state index in [-0.39, 0.29) is 42.2 Å². The molecule has 2 heterocycles. The van der Waals surface area contributed by atoms with Crippen molar-refractivity contribution < 1.29 is 24.2 Å². The van der Waals surface area contributed by atoms with E-state index in [0.29, 0.717) is 37.0 Å². The number of aliphatic hydroxyl groups is 1. The summed E-state index contributed by atoms with van der Waals surface area (Å²) in [5.74, 6) is 0.620. The molecule has 2 amide bonds. The van der Waals surface area contributed by atoms with Crippen LogP contribution in [0.3, 0.4) is 0 Å². The highest BCUT2D eigenvalue weighted by atomic mass is 16.7. The molecule has 0 spiro atoms. The summed E-state index contributed by atoms with van der Waals surface area (Å²) in [7, 11) is 0. The lowest BCUT2D eigenvalue weighted by Gasteiger charge is -2.50. The summed E-state index contributed by atoms with van der Waals surface area (Å²) in [6.07, 6.45) is 6.48. The lowest BCUT2D eigenvalue weighted by atomic mass is 9.75. The maximum atomic E-state index is 13.7. The Morgan fingerprint density at radius 1 is 0.833 bits per heavy atom. The van der Waals surface area contributed by atoms with Crippen LogP contribution in [0.25, 0.3) is 0 Å². The van der Waals surface area contributed by atoms with Gasteiger partial charge in [0, 0.05) is 42.2 Å². The maximum Gasteiger partial charge on any atom is 0.251 e. The van der Waals surface area contributed by atoms with Crippen molar-refractivity contribution in [1.82, 2.24) is 15.5 Å². The molecule has 2 saturated heterocycles. The molecule has 0 bridgehead atoms. The second kappa shape index (κ2) is 15.3. The van der Waals surface area contributed by atoms with Crippen LogP contribution in [-0.4, -0.2) is 52.1 Å². The van der Waals surface area contributed by atoms with Crippen molar-refractivity contribution in [1.29, 1.82) is 0 Å². The quantitative estimate of drug-likeness (QED) is 0.241. The molecule has 256 valence electrons. The Hall–Kier alpha value is -3.56. The second-order valence-electron chi connectivity index (χ2n) is 14.8. The molecule has 3 N–H and O–H groups in total. The first-order valence-electron chi connectivity index (χ1n) is 17.7. The van der Waals surface area contributed by atoms with E-state index in [0.717, 1.165) is 41.5 Å². The van der Waals surface area contributed by atoms with E-state index in [4.69, 9.17) is 9.47 Å². The number of likely N-dealkylation sites (tertiary alicyclic amines) is 1. The fraction of sp³-hybridized carbons (Fsp3) is 0.500. The number of carbonyl (C=O) groups is 2. The molecule has 0 aromatic heterocycles. The van der Waals surface area contributed by atoms with Gasteiger partial charge >= 0.3 is 0 Å². The van der Waals surface area contributed by atoms with Crippen LogP contribution in [0.15, 0.2) is 78.9 Å². The number of aliphatic hydroxyl groups excluding tert-OH is 1. The highest BCUT2D eigenvalue weighted by Crippen LogP contribution is 2.42. The SMILES string of the molecule is CC(C)(C)NC(=O)[C@H]1CC[C@H]2CCCC[C@H]2N1C[C@@H]1C[C@H](c2ccc(CO)cc2)O[C@H](c2ccc(CNC(=O)c3ccccc3)cc2)O1. The van der Waals surface area contributed by atoms with E-state index in [1.807, 2.05) is 87.5 Å². The van der Waals surface area contributed by atoms with Gasteiger partial charge in [-0.15, -0.1) is 0 Å². The van der Waals surface area contributed by atoms with Crippen LogP contribution in [0.1, 0.15) is 111 Å². The van der Waals surface area contributed by atoms with Gasteiger partial charge in [-0.1, -0.05) is 79.6 Å². The Kier molecular flexibility index (Phi) is 11.0. The minimum atomic E-state index is -0.590. The highest BCUT2D eigenvalue weighted by molar-refractivity contribution is 5.94. The molecule has 1 saturated carbocycles. The molecule has 8 nitrogen and oxygen atoms in total. The number of nitrogens with zero attached hydrogens (tertiary/aromatic N) is 1. The van der Waals surface area contributed by atoms with Crippen LogP contribution in [0, 0.1) is 5.92 Å². The Morgan fingerprint density at radius 2 is 1.52 bits per heavy atom. The van der Waals surface area contributed by atoms with E-state index in [1.165, 1.54) is 19.3 Å². The lowest BCUT2D eigenvalue weighted by molar-refractivity contribution is -0.255.